The number of rotatable bonds is 5. The van der Waals surface area contributed by atoms with Gasteiger partial charge in [-0.25, -0.2) is 15.0 Å². The van der Waals surface area contributed by atoms with E-state index in [4.69, 9.17) is 14.7 Å². The molecule has 0 aromatic carbocycles. The standard InChI is InChI=1S/C15H21N5O3/c21-7-11-5-6-12(22-11)23-20-9-18-13-14(16-8-17-15(13)20)19-10-3-1-2-4-10/h8-12,21H,1-7H2,(H,16,17,19)/t11-,12+/m0/s1. The molecular weight excluding hydrogens is 298 g/mol. The maximum atomic E-state index is 9.13. The first-order valence-corrected chi connectivity index (χ1v) is 8.21. The molecule has 2 aromatic heterocycles. The number of aromatic nitrogens is 4. The van der Waals surface area contributed by atoms with Crippen LogP contribution in [-0.2, 0) is 4.74 Å². The summed E-state index contributed by atoms with van der Waals surface area (Å²) in [5.74, 6) is 0.754. The first-order valence-electron chi connectivity index (χ1n) is 8.21. The van der Waals surface area contributed by atoms with Crippen LogP contribution in [0.4, 0.5) is 5.82 Å². The summed E-state index contributed by atoms with van der Waals surface area (Å²) in [6.45, 7) is 0.0160. The number of ether oxygens (including phenoxy) is 1. The Hall–Kier alpha value is -1.93. The van der Waals surface area contributed by atoms with Crippen LogP contribution in [0.5, 0.6) is 0 Å². The summed E-state index contributed by atoms with van der Waals surface area (Å²) in [7, 11) is 0. The summed E-state index contributed by atoms with van der Waals surface area (Å²) in [6, 6.07) is 0.461. The molecule has 0 bridgehead atoms. The summed E-state index contributed by atoms with van der Waals surface area (Å²) >= 11 is 0. The molecule has 2 aliphatic rings. The third kappa shape index (κ3) is 2.96. The molecule has 2 N–H and O–H groups in total. The number of imidazole rings is 1. The summed E-state index contributed by atoms with van der Waals surface area (Å²) in [4.78, 5) is 18.8. The highest BCUT2D eigenvalue weighted by molar-refractivity contribution is 5.82. The van der Waals surface area contributed by atoms with Crippen LogP contribution in [0.3, 0.4) is 0 Å². The lowest BCUT2D eigenvalue weighted by atomic mass is 10.2. The van der Waals surface area contributed by atoms with Gasteiger partial charge in [0.25, 0.3) is 0 Å². The number of aliphatic hydroxyl groups excluding tert-OH is 1. The molecule has 3 heterocycles. The molecule has 2 atom stereocenters. The SMILES string of the molecule is OC[C@@H]1CC[C@@H](On2cnc3c(NC4CCCC4)ncnc32)O1. The molecule has 1 saturated heterocycles. The Labute approximate surface area is 133 Å². The highest BCUT2D eigenvalue weighted by atomic mass is 16.8. The number of hydrogen-bond donors (Lipinski definition) is 2. The van der Waals surface area contributed by atoms with E-state index >= 15 is 0 Å². The average Bonchev–Trinajstić information content (AvgIpc) is 3.30. The lowest BCUT2D eigenvalue weighted by Gasteiger charge is -2.15. The van der Waals surface area contributed by atoms with Gasteiger partial charge in [-0.3, -0.25) is 0 Å². The fourth-order valence-corrected chi connectivity index (χ4v) is 3.27. The molecule has 0 amide bonds. The van der Waals surface area contributed by atoms with E-state index in [0.29, 0.717) is 17.2 Å². The molecule has 2 fully saturated rings. The van der Waals surface area contributed by atoms with Crippen LogP contribution in [0, 0.1) is 0 Å². The van der Waals surface area contributed by atoms with Gasteiger partial charge in [0.15, 0.2) is 11.3 Å². The summed E-state index contributed by atoms with van der Waals surface area (Å²) in [5, 5.41) is 12.6. The molecule has 1 aliphatic heterocycles. The molecule has 0 unspecified atom stereocenters. The molecule has 0 spiro atoms. The molecule has 2 aromatic rings. The number of nitrogens with zero attached hydrogens (tertiary/aromatic N) is 4. The van der Waals surface area contributed by atoms with E-state index in [2.05, 4.69) is 20.3 Å². The van der Waals surface area contributed by atoms with E-state index in [0.717, 1.165) is 18.7 Å². The normalized spacial score (nSPS) is 25.3. The molecule has 0 radical (unpaired) electrons. The van der Waals surface area contributed by atoms with Crippen molar-refractivity contribution in [1.29, 1.82) is 0 Å². The third-order valence-electron chi connectivity index (χ3n) is 4.50. The van der Waals surface area contributed by atoms with Crippen molar-refractivity contribution in [3.63, 3.8) is 0 Å². The third-order valence-corrected chi connectivity index (χ3v) is 4.50. The quantitative estimate of drug-likeness (QED) is 0.852. The van der Waals surface area contributed by atoms with Crippen molar-refractivity contribution in [3.05, 3.63) is 12.7 Å². The first-order chi connectivity index (χ1) is 11.3. The zero-order valence-corrected chi connectivity index (χ0v) is 12.9. The Morgan fingerprint density at radius 1 is 1.22 bits per heavy atom. The van der Waals surface area contributed by atoms with Crippen LogP contribution >= 0.6 is 0 Å². The predicted molar refractivity (Wildman–Crippen MR) is 82.8 cm³/mol. The van der Waals surface area contributed by atoms with E-state index < -0.39 is 0 Å². The second kappa shape index (κ2) is 6.29. The van der Waals surface area contributed by atoms with Crippen LogP contribution in [-0.4, -0.2) is 49.8 Å². The summed E-state index contributed by atoms with van der Waals surface area (Å²) in [5.41, 5.74) is 1.33. The van der Waals surface area contributed by atoms with Crippen LogP contribution in [0.25, 0.3) is 11.2 Å². The van der Waals surface area contributed by atoms with E-state index in [-0.39, 0.29) is 19.0 Å². The maximum absolute atomic E-state index is 9.13. The summed E-state index contributed by atoms with van der Waals surface area (Å²) < 4.78 is 7.12. The van der Waals surface area contributed by atoms with Crippen LogP contribution < -0.4 is 10.2 Å². The minimum absolute atomic E-state index is 0.0160. The van der Waals surface area contributed by atoms with Gasteiger partial charge < -0.3 is 20.0 Å². The van der Waals surface area contributed by atoms with Crippen LogP contribution in [0.2, 0.25) is 0 Å². The Morgan fingerprint density at radius 2 is 2.09 bits per heavy atom. The van der Waals surface area contributed by atoms with Gasteiger partial charge >= 0.3 is 0 Å². The zero-order valence-electron chi connectivity index (χ0n) is 12.9. The molecule has 1 saturated carbocycles. The predicted octanol–water partition coefficient (Wildman–Crippen LogP) is 1.11. The monoisotopic (exact) mass is 319 g/mol. The topological polar surface area (TPSA) is 94.3 Å². The molecule has 1 aliphatic carbocycles. The fraction of sp³-hybridized carbons (Fsp3) is 0.667. The van der Waals surface area contributed by atoms with Crippen molar-refractivity contribution in [2.75, 3.05) is 11.9 Å². The van der Waals surface area contributed by atoms with Crippen molar-refractivity contribution >= 4 is 17.0 Å². The first kappa shape index (κ1) is 14.6. The summed E-state index contributed by atoms with van der Waals surface area (Å²) in [6.07, 6.45) is 8.96. The van der Waals surface area contributed by atoms with Gasteiger partial charge in [0.2, 0.25) is 11.9 Å². The maximum Gasteiger partial charge on any atom is 0.225 e. The smallest absolute Gasteiger partial charge is 0.225 e. The minimum Gasteiger partial charge on any atom is -0.394 e. The van der Waals surface area contributed by atoms with Gasteiger partial charge in [-0.1, -0.05) is 12.8 Å². The van der Waals surface area contributed by atoms with Crippen molar-refractivity contribution in [2.45, 2.75) is 57.0 Å². The second-order valence-electron chi connectivity index (χ2n) is 6.14. The van der Waals surface area contributed by atoms with Gasteiger partial charge in [-0.05, 0) is 19.3 Å². The lowest BCUT2D eigenvalue weighted by molar-refractivity contribution is -0.140. The van der Waals surface area contributed by atoms with Crippen LogP contribution in [0.1, 0.15) is 38.5 Å². The highest BCUT2D eigenvalue weighted by Crippen LogP contribution is 2.25. The van der Waals surface area contributed by atoms with Crippen molar-refractivity contribution in [2.24, 2.45) is 0 Å². The molecule has 8 nitrogen and oxygen atoms in total. The van der Waals surface area contributed by atoms with Gasteiger partial charge in [0.1, 0.15) is 12.7 Å². The molecule has 124 valence electrons. The van der Waals surface area contributed by atoms with Crippen molar-refractivity contribution < 1.29 is 14.7 Å². The van der Waals surface area contributed by atoms with E-state index in [1.54, 1.807) is 6.33 Å². The van der Waals surface area contributed by atoms with Gasteiger partial charge in [0, 0.05) is 12.5 Å². The average molecular weight is 319 g/mol. The van der Waals surface area contributed by atoms with E-state index in [1.165, 1.54) is 36.7 Å². The second-order valence-corrected chi connectivity index (χ2v) is 6.14. The number of hydrogen-bond acceptors (Lipinski definition) is 7. The highest BCUT2D eigenvalue weighted by Gasteiger charge is 2.27. The Morgan fingerprint density at radius 3 is 2.87 bits per heavy atom. The van der Waals surface area contributed by atoms with E-state index in [1.807, 2.05) is 0 Å². The van der Waals surface area contributed by atoms with Gasteiger partial charge in [-0.15, -0.1) is 4.73 Å². The molecule has 8 heteroatoms. The number of aliphatic hydroxyl groups is 1. The number of nitrogens with one attached hydrogen (secondary N) is 1. The van der Waals surface area contributed by atoms with Gasteiger partial charge in [0.05, 0.1) is 12.7 Å². The van der Waals surface area contributed by atoms with Crippen molar-refractivity contribution in [3.8, 4) is 0 Å². The molecular formula is C15H21N5O3. The van der Waals surface area contributed by atoms with Crippen LogP contribution in [0.15, 0.2) is 12.7 Å². The number of fused-ring (bicyclic) bond motifs is 1. The van der Waals surface area contributed by atoms with Crippen molar-refractivity contribution in [1.82, 2.24) is 19.7 Å². The van der Waals surface area contributed by atoms with Gasteiger partial charge in [-0.2, -0.15) is 0 Å². The Balaban J connectivity index is 1.52. The Bertz CT molecular complexity index is 670. The molecule has 23 heavy (non-hydrogen) atoms. The lowest BCUT2D eigenvalue weighted by Crippen LogP contribution is -2.26. The minimum atomic E-state index is -0.384. The molecule has 4 rings (SSSR count). The Kier molecular flexibility index (Phi) is 4.00. The zero-order chi connectivity index (χ0) is 15.6. The number of anilines is 1. The van der Waals surface area contributed by atoms with E-state index in [9.17, 15) is 0 Å². The fourth-order valence-electron chi connectivity index (χ4n) is 3.27. The largest absolute Gasteiger partial charge is 0.394 e.